The van der Waals surface area contributed by atoms with E-state index < -0.39 is 5.41 Å². The Morgan fingerprint density at radius 2 is 1.71 bits per heavy atom. The maximum absolute atomic E-state index is 12.6. The standard InChI is InChI=1S/C18H24N2O4/c1-18(2,16(21)19-12-5-3-4-6-12)17(22)20-13-7-8-14-15(11-13)24-10-9-23-14/h7-8,11-12H,3-6,9-10H2,1-2H3,(H,19,21)(H,20,22). The fourth-order valence-corrected chi connectivity index (χ4v) is 2.95. The van der Waals surface area contributed by atoms with Crippen molar-refractivity contribution in [3.63, 3.8) is 0 Å². The number of carbonyl (C=O) groups excluding carboxylic acids is 2. The second-order valence-electron chi connectivity index (χ2n) is 6.89. The lowest BCUT2D eigenvalue weighted by atomic mass is 9.90. The zero-order valence-corrected chi connectivity index (χ0v) is 14.2. The Hall–Kier alpha value is -2.24. The van der Waals surface area contributed by atoms with Crippen LogP contribution in [0.1, 0.15) is 39.5 Å². The van der Waals surface area contributed by atoms with Crippen molar-refractivity contribution >= 4 is 17.5 Å². The molecule has 1 aliphatic heterocycles. The number of anilines is 1. The number of benzene rings is 1. The molecule has 2 aliphatic rings. The number of fused-ring (bicyclic) bond motifs is 1. The molecule has 1 heterocycles. The molecule has 1 aromatic rings. The summed E-state index contributed by atoms with van der Waals surface area (Å²) in [5.41, 5.74) is -0.554. The first-order valence-electron chi connectivity index (χ1n) is 8.49. The summed E-state index contributed by atoms with van der Waals surface area (Å²) in [5.74, 6) is 0.698. The Balaban J connectivity index is 1.65. The molecule has 3 rings (SSSR count). The summed E-state index contributed by atoms with van der Waals surface area (Å²) >= 11 is 0. The van der Waals surface area contributed by atoms with Gasteiger partial charge in [-0.3, -0.25) is 9.59 Å². The van der Waals surface area contributed by atoms with Gasteiger partial charge < -0.3 is 20.1 Å². The van der Waals surface area contributed by atoms with Crippen LogP contribution in [0.5, 0.6) is 11.5 Å². The zero-order valence-electron chi connectivity index (χ0n) is 14.2. The van der Waals surface area contributed by atoms with Gasteiger partial charge in [0.2, 0.25) is 11.8 Å². The number of carbonyl (C=O) groups is 2. The molecule has 0 radical (unpaired) electrons. The fourth-order valence-electron chi connectivity index (χ4n) is 2.95. The van der Waals surface area contributed by atoms with Crippen LogP contribution >= 0.6 is 0 Å². The highest BCUT2D eigenvalue weighted by molar-refractivity contribution is 6.10. The second-order valence-corrected chi connectivity index (χ2v) is 6.89. The van der Waals surface area contributed by atoms with Crippen molar-refractivity contribution in [2.24, 2.45) is 5.41 Å². The molecule has 6 nitrogen and oxygen atoms in total. The molecule has 2 amide bonds. The van der Waals surface area contributed by atoms with E-state index in [1.165, 1.54) is 0 Å². The third-order valence-electron chi connectivity index (χ3n) is 4.63. The van der Waals surface area contributed by atoms with E-state index in [9.17, 15) is 9.59 Å². The average Bonchev–Trinajstić information content (AvgIpc) is 3.07. The molecule has 0 unspecified atom stereocenters. The third-order valence-corrected chi connectivity index (χ3v) is 4.63. The molecule has 0 bridgehead atoms. The van der Waals surface area contributed by atoms with Crippen molar-refractivity contribution in [2.45, 2.75) is 45.6 Å². The lowest BCUT2D eigenvalue weighted by Gasteiger charge is -2.25. The molecule has 1 saturated carbocycles. The molecule has 1 fully saturated rings. The van der Waals surface area contributed by atoms with Crippen LogP contribution in [0.2, 0.25) is 0 Å². The minimum atomic E-state index is -1.14. The first kappa shape index (κ1) is 16.6. The van der Waals surface area contributed by atoms with Gasteiger partial charge in [0.15, 0.2) is 11.5 Å². The Morgan fingerprint density at radius 3 is 2.42 bits per heavy atom. The molecule has 2 N–H and O–H groups in total. The fraction of sp³-hybridized carbons (Fsp3) is 0.556. The van der Waals surface area contributed by atoms with E-state index in [0.29, 0.717) is 30.4 Å². The van der Waals surface area contributed by atoms with Gasteiger partial charge in [0, 0.05) is 17.8 Å². The highest BCUT2D eigenvalue weighted by atomic mass is 16.6. The average molecular weight is 332 g/mol. The summed E-state index contributed by atoms with van der Waals surface area (Å²) in [6.45, 7) is 4.29. The molecule has 1 aliphatic carbocycles. The van der Waals surface area contributed by atoms with E-state index in [1.54, 1.807) is 32.0 Å². The lowest BCUT2D eigenvalue weighted by Crippen LogP contribution is -2.47. The van der Waals surface area contributed by atoms with E-state index >= 15 is 0 Å². The van der Waals surface area contributed by atoms with Crippen LogP contribution in [0.3, 0.4) is 0 Å². The van der Waals surface area contributed by atoms with Crippen molar-refractivity contribution in [1.29, 1.82) is 0 Å². The molecule has 24 heavy (non-hydrogen) atoms. The Kier molecular flexibility index (Phi) is 4.64. The maximum atomic E-state index is 12.6. The van der Waals surface area contributed by atoms with Crippen molar-refractivity contribution in [3.8, 4) is 11.5 Å². The molecule has 130 valence electrons. The van der Waals surface area contributed by atoms with Crippen LogP contribution in [0, 0.1) is 5.41 Å². The third kappa shape index (κ3) is 3.47. The van der Waals surface area contributed by atoms with Crippen molar-refractivity contribution in [1.82, 2.24) is 5.32 Å². The van der Waals surface area contributed by atoms with Crippen molar-refractivity contribution < 1.29 is 19.1 Å². The molecular formula is C18H24N2O4. The molecule has 6 heteroatoms. The van der Waals surface area contributed by atoms with E-state index in [2.05, 4.69) is 10.6 Å². The highest BCUT2D eigenvalue weighted by Crippen LogP contribution is 2.33. The van der Waals surface area contributed by atoms with Crippen LogP contribution in [0.4, 0.5) is 5.69 Å². The lowest BCUT2D eigenvalue weighted by molar-refractivity contribution is -0.138. The minimum Gasteiger partial charge on any atom is -0.486 e. The summed E-state index contributed by atoms with van der Waals surface area (Å²) in [6, 6.07) is 5.42. The smallest absolute Gasteiger partial charge is 0.239 e. The number of hydrogen-bond acceptors (Lipinski definition) is 4. The molecule has 0 aromatic heterocycles. The van der Waals surface area contributed by atoms with Gasteiger partial charge in [-0.05, 0) is 38.8 Å². The second kappa shape index (κ2) is 6.71. The van der Waals surface area contributed by atoms with Crippen LogP contribution in [0.25, 0.3) is 0 Å². The van der Waals surface area contributed by atoms with E-state index in [1.807, 2.05) is 0 Å². The minimum absolute atomic E-state index is 0.193. The summed E-state index contributed by atoms with van der Waals surface area (Å²) in [5, 5.41) is 5.79. The van der Waals surface area contributed by atoms with Gasteiger partial charge in [-0.15, -0.1) is 0 Å². The van der Waals surface area contributed by atoms with Crippen LogP contribution in [-0.2, 0) is 9.59 Å². The number of nitrogens with one attached hydrogen (secondary N) is 2. The predicted molar refractivity (Wildman–Crippen MR) is 90.2 cm³/mol. The normalized spacial score (nSPS) is 17.4. The zero-order chi connectivity index (χ0) is 17.2. The van der Waals surface area contributed by atoms with Crippen LogP contribution in [0.15, 0.2) is 18.2 Å². The molecule has 0 atom stereocenters. The van der Waals surface area contributed by atoms with Crippen LogP contribution in [-0.4, -0.2) is 31.1 Å². The number of amides is 2. The highest BCUT2D eigenvalue weighted by Gasteiger charge is 2.37. The summed E-state index contributed by atoms with van der Waals surface area (Å²) in [4.78, 5) is 25.0. The van der Waals surface area contributed by atoms with E-state index in [0.717, 1.165) is 25.7 Å². The Bertz CT molecular complexity index is 636. The topological polar surface area (TPSA) is 76.7 Å². The van der Waals surface area contributed by atoms with Gasteiger partial charge >= 0.3 is 0 Å². The summed E-state index contributed by atoms with van der Waals surface area (Å²) < 4.78 is 11.0. The Morgan fingerprint density at radius 1 is 1.04 bits per heavy atom. The summed E-state index contributed by atoms with van der Waals surface area (Å²) in [6.07, 6.45) is 4.25. The molecule has 0 saturated heterocycles. The van der Waals surface area contributed by atoms with Gasteiger partial charge in [0.05, 0.1) is 0 Å². The molecule has 0 spiro atoms. The largest absolute Gasteiger partial charge is 0.486 e. The SMILES string of the molecule is CC(C)(C(=O)Nc1ccc2c(c1)OCCO2)C(=O)NC1CCCC1. The summed E-state index contributed by atoms with van der Waals surface area (Å²) in [7, 11) is 0. The van der Waals surface area contributed by atoms with Crippen molar-refractivity contribution in [3.05, 3.63) is 18.2 Å². The quantitative estimate of drug-likeness (QED) is 0.831. The van der Waals surface area contributed by atoms with Crippen molar-refractivity contribution in [2.75, 3.05) is 18.5 Å². The number of hydrogen-bond donors (Lipinski definition) is 2. The first-order valence-corrected chi connectivity index (χ1v) is 8.49. The Labute approximate surface area is 141 Å². The van der Waals surface area contributed by atoms with Gasteiger partial charge in [-0.2, -0.15) is 0 Å². The van der Waals surface area contributed by atoms with Gasteiger partial charge in [-0.1, -0.05) is 12.8 Å². The molecular weight excluding hydrogens is 308 g/mol. The first-order chi connectivity index (χ1) is 11.5. The monoisotopic (exact) mass is 332 g/mol. The van der Waals surface area contributed by atoms with E-state index in [4.69, 9.17) is 9.47 Å². The maximum Gasteiger partial charge on any atom is 0.239 e. The van der Waals surface area contributed by atoms with E-state index in [-0.39, 0.29) is 17.9 Å². The van der Waals surface area contributed by atoms with Gasteiger partial charge in [-0.25, -0.2) is 0 Å². The van der Waals surface area contributed by atoms with Gasteiger partial charge in [0.25, 0.3) is 0 Å². The molecule has 1 aromatic carbocycles. The number of ether oxygens (including phenoxy) is 2. The predicted octanol–water partition coefficient (Wildman–Crippen LogP) is 2.48. The van der Waals surface area contributed by atoms with Crippen LogP contribution < -0.4 is 20.1 Å². The number of rotatable bonds is 4. The van der Waals surface area contributed by atoms with Gasteiger partial charge in [0.1, 0.15) is 18.6 Å².